The summed E-state index contributed by atoms with van der Waals surface area (Å²) in [6, 6.07) is 12.5. The number of aromatic hydroxyl groups is 1. The van der Waals surface area contributed by atoms with E-state index in [9.17, 15) is 18.3 Å². The zero-order valence-electron chi connectivity index (χ0n) is 17.4. The predicted molar refractivity (Wildman–Crippen MR) is 116 cm³/mol. The number of sulfonamides is 1. The Hall–Kier alpha value is -2.54. The second-order valence-corrected chi connectivity index (χ2v) is 9.60. The number of unbranched alkanes of at least 4 members (excludes halogenated alkanes) is 1. The van der Waals surface area contributed by atoms with Crippen LogP contribution in [0.4, 0.5) is 5.69 Å². The van der Waals surface area contributed by atoms with E-state index in [1.807, 2.05) is 18.2 Å². The Kier molecular flexibility index (Phi) is 7.30. The van der Waals surface area contributed by atoms with Crippen LogP contribution in [0.25, 0.3) is 11.1 Å². The molecule has 0 aliphatic heterocycles. The maximum Gasteiger partial charge on any atom is 0.305 e. The first kappa shape index (κ1) is 22.7. The molecule has 0 spiro atoms. The van der Waals surface area contributed by atoms with Gasteiger partial charge in [0.15, 0.2) is 0 Å². The average molecular weight is 420 g/mol. The number of rotatable bonds is 9. The SMILES string of the molecule is COC(=O)CCCCC(C)(C)c1ccc(-c2cccc(NS(C)(=O)=O)c2)c(O)c1. The first-order chi connectivity index (χ1) is 13.5. The van der Waals surface area contributed by atoms with Gasteiger partial charge in [-0.2, -0.15) is 0 Å². The van der Waals surface area contributed by atoms with E-state index < -0.39 is 10.0 Å². The van der Waals surface area contributed by atoms with E-state index >= 15 is 0 Å². The number of esters is 1. The van der Waals surface area contributed by atoms with Gasteiger partial charge in [0.05, 0.1) is 13.4 Å². The van der Waals surface area contributed by atoms with Crippen molar-refractivity contribution < 1.29 is 23.1 Å². The fourth-order valence-corrected chi connectivity index (χ4v) is 3.80. The zero-order chi connectivity index (χ0) is 21.7. The number of methoxy groups -OCH3 is 1. The van der Waals surface area contributed by atoms with Crippen molar-refractivity contribution in [1.82, 2.24) is 0 Å². The molecule has 0 aliphatic rings. The Morgan fingerprint density at radius 2 is 1.86 bits per heavy atom. The smallest absolute Gasteiger partial charge is 0.305 e. The predicted octanol–water partition coefficient (Wildman–Crippen LogP) is 4.44. The maximum absolute atomic E-state index is 11.4. The highest BCUT2D eigenvalue weighted by atomic mass is 32.2. The molecule has 2 aromatic carbocycles. The monoisotopic (exact) mass is 419 g/mol. The van der Waals surface area contributed by atoms with Gasteiger partial charge in [-0.15, -0.1) is 0 Å². The number of nitrogens with one attached hydrogen (secondary N) is 1. The molecule has 0 saturated heterocycles. The molecule has 158 valence electrons. The van der Waals surface area contributed by atoms with E-state index in [0.717, 1.165) is 36.6 Å². The Balaban J connectivity index is 2.15. The van der Waals surface area contributed by atoms with Crippen molar-refractivity contribution in [2.75, 3.05) is 18.1 Å². The van der Waals surface area contributed by atoms with Crippen LogP contribution < -0.4 is 4.72 Å². The van der Waals surface area contributed by atoms with Crippen LogP contribution in [-0.2, 0) is 25.0 Å². The van der Waals surface area contributed by atoms with E-state index in [0.29, 0.717) is 17.7 Å². The first-order valence-corrected chi connectivity index (χ1v) is 11.4. The minimum absolute atomic E-state index is 0.140. The van der Waals surface area contributed by atoms with Crippen LogP contribution in [0.5, 0.6) is 5.75 Å². The lowest BCUT2D eigenvalue weighted by atomic mass is 9.79. The molecule has 0 fully saturated rings. The first-order valence-electron chi connectivity index (χ1n) is 9.50. The van der Waals surface area contributed by atoms with Crippen molar-refractivity contribution in [3.05, 3.63) is 48.0 Å². The van der Waals surface area contributed by atoms with Crippen molar-refractivity contribution in [2.24, 2.45) is 0 Å². The summed E-state index contributed by atoms with van der Waals surface area (Å²) in [5.74, 6) is -0.0564. The summed E-state index contributed by atoms with van der Waals surface area (Å²) in [5, 5.41) is 10.6. The topological polar surface area (TPSA) is 92.7 Å². The van der Waals surface area contributed by atoms with Gasteiger partial charge < -0.3 is 9.84 Å². The molecule has 0 bridgehead atoms. The zero-order valence-corrected chi connectivity index (χ0v) is 18.2. The number of anilines is 1. The van der Waals surface area contributed by atoms with Crippen LogP contribution >= 0.6 is 0 Å². The molecular weight excluding hydrogens is 390 g/mol. The molecule has 29 heavy (non-hydrogen) atoms. The molecule has 0 aliphatic carbocycles. The van der Waals surface area contributed by atoms with E-state index in [1.165, 1.54) is 7.11 Å². The van der Waals surface area contributed by atoms with Crippen molar-refractivity contribution in [2.45, 2.75) is 44.9 Å². The molecule has 0 atom stereocenters. The van der Waals surface area contributed by atoms with Gasteiger partial charge in [-0.1, -0.05) is 44.5 Å². The molecule has 2 rings (SSSR count). The lowest BCUT2D eigenvalue weighted by molar-refractivity contribution is -0.140. The minimum atomic E-state index is -3.37. The number of phenolic OH excluding ortho intramolecular Hbond substituents is 1. The summed E-state index contributed by atoms with van der Waals surface area (Å²) in [7, 11) is -1.98. The van der Waals surface area contributed by atoms with Gasteiger partial charge in [-0.25, -0.2) is 8.42 Å². The third kappa shape index (κ3) is 6.78. The molecule has 2 aromatic rings. The third-order valence-electron chi connectivity index (χ3n) is 4.92. The van der Waals surface area contributed by atoms with Gasteiger partial charge in [0.1, 0.15) is 5.75 Å². The van der Waals surface area contributed by atoms with Crippen LogP contribution in [0.3, 0.4) is 0 Å². The Morgan fingerprint density at radius 3 is 2.48 bits per heavy atom. The van der Waals surface area contributed by atoms with Crippen molar-refractivity contribution in [1.29, 1.82) is 0 Å². The van der Waals surface area contributed by atoms with Crippen LogP contribution in [0.2, 0.25) is 0 Å². The number of ether oxygens (including phenoxy) is 1. The van der Waals surface area contributed by atoms with Crippen LogP contribution in [-0.4, -0.2) is 32.9 Å². The molecule has 0 aromatic heterocycles. The molecular formula is C22H29NO5S. The fraction of sp³-hybridized carbons (Fsp3) is 0.409. The van der Waals surface area contributed by atoms with Crippen molar-refractivity contribution in [3.63, 3.8) is 0 Å². The summed E-state index contributed by atoms with van der Waals surface area (Å²) >= 11 is 0. The molecule has 2 N–H and O–H groups in total. The summed E-state index contributed by atoms with van der Waals surface area (Å²) in [6.07, 6.45) is 4.02. The normalized spacial score (nSPS) is 11.9. The number of carbonyl (C=O) groups is 1. The molecule has 0 radical (unpaired) electrons. The fourth-order valence-electron chi connectivity index (χ4n) is 3.24. The number of hydrogen-bond donors (Lipinski definition) is 2. The highest BCUT2D eigenvalue weighted by Crippen LogP contribution is 2.37. The summed E-state index contributed by atoms with van der Waals surface area (Å²) in [6.45, 7) is 4.21. The largest absolute Gasteiger partial charge is 0.507 e. The molecule has 7 heteroatoms. The quantitative estimate of drug-likeness (QED) is 0.463. The van der Waals surface area contributed by atoms with E-state index in [1.54, 1.807) is 24.3 Å². The molecule has 0 unspecified atom stereocenters. The van der Waals surface area contributed by atoms with Gasteiger partial charge in [-0.3, -0.25) is 9.52 Å². The second-order valence-electron chi connectivity index (χ2n) is 7.85. The van der Waals surface area contributed by atoms with Gasteiger partial charge in [0.2, 0.25) is 10.0 Å². The van der Waals surface area contributed by atoms with Crippen LogP contribution in [0.15, 0.2) is 42.5 Å². The maximum atomic E-state index is 11.4. The highest BCUT2D eigenvalue weighted by Gasteiger charge is 2.22. The summed E-state index contributed by atoms with van der Waals surface area (Å²) < 4.78 is 30.0. The lowest BCUT2D eigenvalue weighted by Gasteiger charge is -2.26. The molecule has 0 saturated carbocycles. The number of hydrogen-bond acceptors (Lipinski definition) is 5. The Labute approximate surface area is 173 Å². The van der Waals surface area contributed by atoms with Gasteiger partial charge in [0.25, 0.3) is 0 Å². The number of carbonyl (C=O) groups excluding carboxylic acids is 1. The average Bonchev–Trinajstić information content (AvgIpc) is 2.63. The Morgan fingerprint density at radius 1 is 1.14 bits per heavy atom. The van der Waals surface area contributed by atoms with Crippen LogP contribution in [0, 0.1) is 0 Å². The van der Waals surface area contributed by atoms with Crippen LogP contribution in [0.1, 0.15) is 45.1 Å². The van der Waals surface area contributed by atoms with Gasteiger partial charge in [0, 0.05) is 17.7 Å². The summed E-state index contributed by atoms with van der Waals surface area (Å²) in [4.78, 5) is 11.2. The van der Waals surface area contributed by atoms with Gasteiger partial charge >= 0.3 is 5.97 Å². The standard InChI is InChI=1S/C22H29NO5S/c1-22(2,13-6-5-10-21(25)28-3)17-11-12-19(20(24)15-17)16-8-7-9-18(14-16)23-29(4,26)27/h7-9,11-12,14-15,23-24H,5-6,10,13H2,1-4H3. The number of benzene rings is 2. The lowest BCUT2D eigenvalue weighted by Crippen LogP contribution is -2.17. The van der Waals surface area contributed by atoms with Gasteiger partial charge in [-0.05, 0) is 47.6 Å². The second kappa shape index (κ2) is 9.31. The van der Waals surface area contributed by atoms with E-state index in [-0.39, 0.29) is 17.1 Å². The minimum Gasteiger partial charge on any atom is -0.507 e. The van der Waals surface area contributed by atoms with Crippen molar-refractivity contribution in [3.8, 4) is 16.9 Å². The number of phenols is 1. The van der Waals surface area contributed by atoms with E-state index in [4.69, 9.17) is 0 Å². The molecule has 0 amide bonds. The highest BCUT2D eigenvalue weighted by molar-refractivity contribution is 7.92. The van der Waals surface area contributed by atoms with E-state index in [2.05, 4.69) is 23.3 Å². The summed E-state index contributed by atoms with van der Waals surface area (Å²) in [5.41, 5.74) is 2.64. The molecule has 6 nitrogen and oxygen atoms in total. The third-order valence-corrected chi connectivity index (χ3v) is 5.52. The molecule has 0 heterocycles. The Bertz CT molecular complexity index is 967. The van der Waals surface area contributed by atoms with Crippen molar-refractivity contribution >= 4 is 21.7 Å².